The summed E-state index contributed by atoms with van der Waals surface area (Å²) in [5.74, 6) is -0.852. The van der Waals surface area contributed by atoms with Gasteiger partial charge in [-0.1, -0.05) is 18.2 Å². The molecule has 7 heteroatoms. The van der Waals surface area contributed by atoms with E-state index in [0.717, 1.165) is 15.9 Å². The Hall–Kier alpha value is -1.99. The van der Waals surface area contributed by atoms with E-state index in [1.165, 1.54) is 29.6 Å². The zero-order valence-electron chi connectivity index (χ0n) is 9.91. The fourth-order valence-corrected chi connectivity index (χ4v) is 2.79. The number of thiophene rings is 1. The Balaban J connectivity index is 2.21. The lowest BCUT2D eigenvalue weighted by molar-refractivity contribution is -0.398. The molecule has 0 N–H and O–H groups in total. The summed E-state index contributed by atoms with van der Waals surface area (Å²) in [4.78, 5) is 22.3. The minimum Gasteiger partial charge on any atom is -0.868 e. The fourth-order valence-electron chi connectivity index (χ4n) is 1.48. The number of nitro groups is 1. The Morgan fingerprint density at radius 3 is 2.65 bits per heavy atom. The predicted molar refractivity (Wildman–Crippen MR) is 77.9 cm³/mol. The second-order valence-corrected chi connectivity index (χ2v) is 6.25. The van der Waals surface area contributed by atoms with Gasteiger partial charge in [0.25, 0.3) is 5.69 Å². The first-order valence-electron chi connectivity index (χ1n) is 5.40. The van der Waals surface area contributed by atoms with E-state index < -0.39 is 16.4 Å². The summed E-state index contributed by atoms with van der Waals surface area (Å²) in [5, 5.41) is 21.9. The van der Waals surface area contributed by atoms with Crippen LogP contribution < -0.4 is 5.11 Å². The van der Waals surface area contributed by atoms with Crippen molar-refractivity contribution in [1.82, 2.24) is 0 Å². The SMILES string of the molecule is O=C(/C=C/c1ccc([O-])c([N+](=O)[O-])c1)c1ccc(Br)s1. The molecule has 102 valence electrons. The van der Waals surface area contributed by atoms with Crippen LogP contribution >= 0.6 is 27.3 Å². The first kappa shape index (κ1) is 14.4. The predicted octanol–water partition coefficient (Wildman–Crippen LogP) is 3.39. The number of benzene rings is 1. The molecule has 0 spiro atoms. The zero-order valence-corrected chi connectivity index (χ0v) is 12.3. The first-order valence-corrected chi connectivity index (χ1v) is 7.01. The lowest BCUT2D eigenvalue weighted by Crippen LogP contribution is -1.97. The molecule has 1 heterocycles. The molecular formula is C13H7BrNO4S-. The van der Waals surface area contributed by atoms with E-state index in [9.17, 15) is 20.0 Å². The maximum atomic E-state index is 11.8. The summed E-state index contributed by atoms with van der Waals surface area (Å²) in [7, 11) is 0. The van der Waals surface area contributed by atoms with Crippen molar-refractivity contribution in [2.45, 2.75) is 0 Å². The molecule has 0 saturated carbocycles. The number of nitrogens with zero attached hydrogens (tertiary/aromatic N) is 1. The molecule has 1 aromatic carbocycles. The Morgan fingerprint density at radius 1 is 1.30 bits per heavy atom. The van der Waals surface area contributed by atoms with E-state index in [0.29, 0.717) is 10.4 Å². The summed E-state index contributed by atoms with van der Waals surface area (Å²) >= 11 is 4.56. The van der Waals surface area contributed by atoms with E-state index in [1.54, 1.807) is 12.1 Å². The molecule has 0 fully saturated rings. The van der Waals surface area contributed by atoms with E-state index in [2.05, 4.69) is 15.9 Å². The number of allylic oxidation sites excluding steroid dienone is 1. The van der Waals surface area contributed by atoms with Crippen molar-refractivity contribution in [3.63, 3.8) is 0 Å². The van der Waals surface area contributed by atoms with Gasteiger partial charge in [-0.3, -0.25) is 14.9 Å². The van der Waals surface area contributed by atoms with E-state index in [-0.39, 0.29) is 5.78 Å². The van der Waals surface area contributed by atoms with Crippen molar-refractivity contribution in [3.05, 3.63) is 60.7 Å². The molecule has 0 amide bonds. The molecule has 0 unspecified atom stereocenters. The molecule has 2 aromatic rings. The van der Waals surface area contributed by atoms with Gasteiger partial charge in [-0.25, -0.2) is 0 Å². The largest absolute Gasteiger partial charge is 0.868 e. The highest BCUT2D eigenvalue weighted by Crippen LogP contribution is 2.25. The summed E-state index contributed by atoms with van der Waals surface area (Å²) < 4.78 is 0.848. The van der Waals surface area contributed by atoms with Crippen LogP contribution in [0.15, 0.2) is 40.2 Å². The van der Waals surface area contributed by atoms with Crippen molar-refractivity contribution in [2.24, 2.45) is 0 Å². The van der Waals surface area contributed by atoms with Crippen LogP contribution in [0.5, 0.6) is 5.75 Å². The van der Waals surface area contributed by atoms with Crippen LogP contribution in [0.1, 0.15) is 15.2 Å². The molecule has 0 aliphatic heterocycles. The van der Waals surface area contributed by atoms with Crippen LogP contribution in [0.2, 0.25) is 0 Å². The standard InChI is InChI=1S/C13H8BrNO4S/c14-13-6-5-12(20-13)11(17)4-2-8-1-3-10(16)9(7-8)15(18)19/h1-7,16H/p-1/b4-2+. The Bertz CT molecular complexity index is 708. The molecule has 0 bridgehead atoms. The van der Waals surface area contributed by atoms with Gasteiger partial charge in [-0.05, 0) is 45.5 Å². The molecule has 2 rings (SSSR count). The molecule has 0 aliphatic carbocycles. The Labute approximate surface area is 126 Å². The highest BCUT2D eigenvalue weighted by Gasteiger charge is 2.08. The molecule has 5 nitrogen and oxygen atoms in total. The monoisotopic (exact) mass is 352 g/mol. The lowest BCUT2D eigenvalue weighted by atomic mass is 10.1. The third-order valence-electron chi connectivity index (χ3n) is 2.42. The molecule has 0 radical (unpaired) electrons. The van der Waals surface area contributed by atoms with Crippen LogP contribution in [0, 0.1) is 10.1 Å². The van der Waals surface area contributed by atoms with Gasteiger partial charge in [0.2, 0.25) is 0 Å². The normalized spacial score (nSPS) is 10.8. The fraction of sp³-hybridized carbons (Fsp3) is 0. The number of carbonyl (C=O) groups excluding carboxylic acids is 1. The summed E-state index contributed by atoms with van der Waals surface area (Å²) in [5.41, 5.74) is -0.0706. The second kappa shape index (κ2) is 5.98. The molecule has 0 saturated heterocycles. The van der Waals surface area contributed by atoms with Crippen LogP contribution in [-0.4, -0.2) is 10.7 Å². The number of ketones is 1. The topological polar surface area (TPSA) is 83.3 Å². The number of rotatable bonds is 4. The van der Waals surface area contributed by atoms with Gasteiger partial charge in [-0.15, -0.1) is 11.3 Å². The molecular weight excluding hydrogens is 346 g/mol. The van der Waals surface area contributed by atoms with Gasteiger partial charge in [0.15, 0.2) is 5.78 Å². The maximum Gasteiger partial charge on any atom is 0.262 e. The van der Waals surface area contributed by atoms with Gasteiger partial charge in [0, 0.05) is 6.07 Å². The van der Waals surface area contributed by atoms with Crippen LogP contribution in [0.3, 0.4) is 0 Å². The second-order valence-electron chi connectivity index (χ2n) is 3.79. The van der Waals surface area contributed by atoms with Crippen molar-refractivity contribution < 1.29 is 14.8 Å². The number of halogens is 1. The van der Waals surface area contributed by atoms with Crippen molar-refractivity contribution in [3.8, 4) is 5.75 Å². The van der Waals surface area contributed by atoms with E-state index in [1.807, 2.05) is 0 Å². The van der Waals surface area contributed by atoms with Gasteiger partial charge >= 0.3 is 0 Å². The smallest absolute Gasteiger partial charge is 0.262 e. The minimum atomic E-state index is -0.738. The van der Waals surface area contributed by atoms with Crippen LogP contribution in [-0.2, 0) is 0 Å². The summed E-state index contributed by atoms with van der Waals surface area (Å²) in [6.07, 6.45) is 2.77. The van der Waals surface area contributed by atoms with Crippen LogP contribution in [0.25, 0.3) is 6.08 Å². The maximum absolute atomic E-state index is 11.8. The van der Waals surface area contributed by atoms with Crippen molar-refractivity contribution in [2.75, 3.05) is 0 Å². The average Bonchev–Trinajstić information content (AvgIpc) is 2.84. The van der Waals surface area contributed by atoms with Crippen molar-refractivity contribution in [1.29, 1.82) is 0 Å². The van der Waals surface area contributed by atoms with E-state index >= 15 is 0 Å². The quantitative estimate of drug-likeness (QED) is 0.365. The Kier molecular flexibility index (Phi) is 4.31. The van der Waals surface area contributed by atoms with E-state index in [4.69, 9.17) is 0 Å². The number of nitro benzene ring substituents is 1. The van der Waals surface area contributed by atoms with Crippen LogP contribution in [0.4, 0.5) is 5.69 Å². The third-order valence-corrected chi connectivity index (χ3v) is 4.06. The lowest BCUT2D eigenvalue weighted by Gasteiger charge is -2.05. The molecule has 0 atom stereocenters. The zero-order chi connectivity index (χ0) is 14.7. The average molecular weight is 353 g/mol. The van der Waals surface area contributed by atoms with Gasteiger partial charge in [-0.2, -0.15) is 0 Å². The minimum absolute atomic E-state index is 0.199. The molecule has 0 aliphatic rings. The number of carbonyl (C=O) groups is 1. The van der Waals surface area contributed by atoms with Gasteiger partial charge < -0.3 is 5.11 Å². The number of hydrogen-bond acceptors (Lipinski definition) is 5. The number of hydrogen-bond donors (Lipinski definition) is 0. The summed E-state index contributed by atoms with van der Waals surface area (Å²) in [6.45, 7) is 0. The first-order chi connectivity index (χ1) is 9.47. The summed E-state index contributed by atoms with van der Waals surface area (Å²) in [6, 6.07) is 7.15. The molecule has 1 aromatic heterocycles. The highest BCUT2D eigenvalue weighted by atomic mass is 79.9. The third kappa shape index (κ3) is 3.31. The molecule has 20 heavy (non-hydrogen) atoms. The highest BCUT2D eigenvalue weighted by molar-refractivity contribution is 9.11. The Morgan fingerprint density at radius 2 is 2.05 bits per heavy atom. The van der Waals surface area contributed by atoms with Crippen molar-refractivity contribution >= 4 is 44.8 Å². The van der Waals surface area contributed by atoms with Gasteiger partial charge in [0.05, 0.1) is 13.6 Å². The van der Waals surface area contributed by atoms with Gasteiger partial charge in [0.1, 0.15) is 0 Å².